The molecule has 2 fully saturated rings. The molecule has 2 rings (SSSR count). The minimum Gasteiger partial charge on any atom is -0.481 e. The molecule has 0 aromatic rings. The molecule has 1 atom stereocenters. The highest BCUT2D eigenvalue weighted by Crippen LogP contribution is 2.24. The fourth-order valence-corrected chi connectivity index (χ4v) is 2.94. The summed E-state index contributed by atoms with van der Waals surface area (Å²) in [7, 11) is 0. The molecule has 4 nitrogen and oxygen atoms in total. The van der Waals surface area contributed by atoms with E-state index in [0.29, 0.717) is 6.04 Å². The fraction of sp³-hybridized carbons (Fsp3) is 0.917. The Morgan fingerprint density at radius 3 is 2.81 bits per heavy atom. The van der Waals surface area contributed by atoms with Crippen LogP contribution in [0.4, 0.5) is 0 Å². The number of aliphatic carboxylic acids is 1. The van der Waals surface area contributed by atoms with Crippen molar-refractivity contribution >= 4 is 5.97 Å². The van der Waals surface area contributed by atoms with Crippen molar-refractivity contribution in [3.05, 3.63) is 0 Å². The SMILES string of the molecule is O=C(O)CCC1CN(C2CCCC2)CCN1. The minimum atomic E-state index is -0.681. The van der Waals surface area contributed by atoms with Crippen LogP contribution in [-0.4, -0.2) is 47.7 Å². The molecule has 0 spiro atoms. The number of hydrogen-bond donors (Lipinski definition) is 2. The molecule has 1 heterocycles. The molecule has 1 saturated heterocycles. The van der Waals surface area contributed by atoms with Crippen LogP contribution < -0.4 is 5.32 Å². The maximum absolute atomic E-state index is 10.5. The lowest BCUT2D eigenvalue weighted by atomic mass is 10.1. The standard InChI is InChI=1S/C12H22N2O2/c15-12(16)6-5-10-9-14(8-7-13-10)11-3-1-2-4-11/h10-11,13H,1-9H2,(H,15,16). The van der Waals surface area contributed by atoms with E-state index in [0.717, 1.165) is 32.1 Å². The minimum absolute atomic E-state index is 0.288. The molecule has 1 unspecified atom stereocenters. The van der Waals surface area contributed by atoms with E-state index < -0.39 is 5.97 Å². The van der Waals surface area contributed by atoms with E-state index in [4.69, 9.17) is 5.11 Å². The highest BCUT2D eigenvalue weighted by atomic mass is 16.4. The van der Waals surface area contributed by atoms with Gasteiger partial charge in [-0.05, 0) is 19.3 Å². The van der Waals surface area contributed by atoms with Crippen molar-refractivity contribution in [1.29, 1.82) is 0 Å². The Bertz CT molecular complexity index is 239. The summed E-state index contributed by atoms with van der Waals surface area (Å²) >= 11 is 0. The summed E-state index contributed by atoms with van der Waals surface area (Å²) in [5.41, 5.74) is 0. The summed E-state index contributed by atoms with van der Waals surface area (Å²) < 4.78 is 0. The van der Waals surface area contributed by atoms with E-state index in [1.807, 2.05) is 0 Å². The molecule has 0 aromatic carbocycles. The van der Waals surface area contributed by atoms with Crippen molar-refractivity contribution in [3.8, 4) is 0 Å². The van der Waals surface area contributed by atoms with E-state index in [9.17, 15) is 4.79 Å². The Morgan fingerprint density at radius 2 is 2.12 bits per heavy atom. The van der Waals surface area contributed by atoms with Crippen molar-refractivity contribution in [2.75, 3.05) is 19.6 Å². The third-order valence-electron chi connectivity index (χ3n) is 3.83. The van der Waals surface area contributed by atoms with E-state index in [2.05, 4.69) is 10.2 Å². The van der Waals surface area contributed by atoms with Gasteiger partial charge >= 0.3 is 5.97 Å². The van der Waals surface area contributed by atoms with Crippen molar-refractivity contribution in [1.82, 2.24) is 10.2 Å². The molecule has 1 saturated carbocycles. The highest BCUT2D eigenvalue weighted by molar-refractivity contribution is 5.66. The number of hydrogen-bond acceptors (Lipinski definition) is 3. The molecule has 0 bridgehead atoms. The van der Waals surface area contributed by atoms with Gasteiger partial charge in [0.05, 0.1) is 0 Å². The van der Waals surface area contributed by atoms with Crippen molar-refractivity contribution in [3.63, 3.8) is 0 Å². The summed E-state index contributed by atoms with van der Waals surface area (Å²) in [5.74, 6) is -0.681. The lowest BCUT2D eigenvalue weighted by Crippen LogP contribution is -2.53. The average molecular weight is 226 g/mol. The van der Waals surface area contributed by atoms with Crippen molar-refractivity contribution < 1.29 is 9.90 Å². The lowest BCUT2D eigenvalue weighted by Gasteiger charge is -2.37. The molecule has 1 aliphatic carbocycles. The number of carboxylic acids is 1. The summed E-state index contributed by atoms with van der Waals surface area (Å²) in [6.45, 7) is 3.19. The second kappa shape index (κ2) is 5.64. The van der Waals surface area contributed by atoms with Crippen molar-refractivity contribution in [2.24, 2.45) is 0 Å². The smallest absolute Gasteiger partial charge is 0.303 e. The number of piperazine rings is 1. The van der Waals surface area contributed by atoms with Gasteiger partial charge in [-0.3, -0.25) is 9.69 Å². The molecule has 0 radical (unpaired) electrons. The zero-order valence-corrected chi connectivity index (χ0v) is 9.82. The maximum Gasteiger partial charge on any atom is 0.303 e. The zero-order valence-electron chi connectivity index (χ0n) is 9.82. The Balaban J connectivity index is 1.76. The first-order chi connectivity index (χ1) is 7.75. The van der Waals surface area contributed by atoms with Gasteiger partial charge in [-0.2, -0.15) is 0 Å². The largest absolute Gasteiger partial charge is 0.481 e. The Hall–Kier alpha value is -0.610. The van der Waals surface area contributed by atoms with Gasteiger partial charge in [-0.15, -0.1) is 0 Å². The average Bonchev–Trinajstić information content (AvgIpc) is 2.80. The molecular formula is C12H22N2O2. The van der Waals surface area contributed by atoms with Gasteiger partial charge < -0.3 is 10.4 Å². The maximum atomic E-state index is 10.5. The molecule has 2 aliphatic rings. The van der Waals surface area contributed by atoms with E-state index in [1.165, 1.54) is 25.7 Å². The first-order valence-electron chi connectivity index (χ1n) is 6.45. The van der Waals surface area contributed by atoms with Gasteiger partial charge in [-0.1, -0.05) is 12.8 Å². The van der Waals surface area contributed by atoms with E-state index in [-0.39, 0.29) is 6.42 Å². The lowest BCUT2D eigenvalue weighted by molar-refractivity contribution is -0.137. The number of rotatable bonds is 4. The first kappa shape index (κ1) is 11.9. The first-order valence-corrected chi connectivity index (χ1v) is 6.45. The summed E-state index contributed by atoms with van der Waals surface area (Å²) in [4.78, 5) is 13.1. The Labute approximate surface area is 97.0 Å². The molecular weight excluding hydrogens is 204 g/mol. The highest BCUT2D eigenvalue weighted by Gasteiger charge is 2.27. The van der Waals surface area contributed by atoms with Crippen molar-refractivity contribution in [2.45, 2.75) is 50.6 Å². The number of nitrogens with zero attached hydrogens (tertiary/aromatic N) is 1. The fourth-order valence-electron chi connectivity index (χ4n) is 2.94. The third kappa shape index (κ3) is 3.19. The molecule has 0 aromatic heterocycles. The van der Waals surface area contributed by atoms with Crippen LogP contribution in [0, 0.1) is 0 Å². The predicted octanol–water partition coefficient (Wildman–Crippen LogP) is 1.07. The summed E-state index contributed by atoms with van der Waals surface area (Å²) in [5, 5.41) is 12.1. The van der Waals surface area contributed by atoms with Crippen LogP contribution in [0.5, 0.6) is 0 Å². The Morgan fingerprint density at radius 1 is 1.38 bits per heavy atom. The van der Waals surface area contributed by atoms with Gasteiger partial charge in [0, 0.05) is 38.1 Å². The number of carbonyl (C=O) groups is 1. The van der Waals surface area contributed by atoms with Crippen LogP contribution in [-0.2, 0) is 4.79 Å². The van der Waals surface area contributed by atoms with Crippen LogP contribution in [0.1, 0.15) is 38.5 Å². The monoisotopic (exact) mass is 226 g/mol. The third-order valence-corrected chi connectivity index (χ3v) is 3.83. The van der Waals surface area contributed by atoms with E-state index in [1.54, 1.807) is 0 Å². The van der Waals surface area contributed by atoms with Gasteiger partial charge in [-0.25, -0.2) is 0 Å². The number of carboxylic acid groups (broad SMARTS) is 1. The molecule has 4 heteroatoms. The van der Waals surface area contributed by atoms with Crippen LogP contribution in [0.2, 0.25) is 0 Å². The van der Waals surface area contributed by atoms with E-state index >= 15 is 0 Å². The predicted molar refractivity (Wildman–Crippen MR) is 62.5 cm³/mol. The molecule has 92 valence electrons. The summed E-state index contributed by atoms with van der Waals surface area (Å²) in [6, 6.07) is 1.15. The second-order valence-electron chi connectivity index (χ2n) is 5.02. The van der Waals surface area contributed by atoms with Crippen LogP contribution in [0.3, 0.4) is 0 Å². The molecule has 0 amide bonds. The number of nitrogens with one attached hydrogen (secondary N) is 1. The Kier molecular flexibility index (Phi) is 4.18. The molecule has 1 aliphatic heterocycles. The normalized spacial score (nSPS) is 28.4. The van der Waals surface area contributed by atoms with Crippen LogP contribution in [0.25, 0.3) is 0 Å². The van der Waals surface area contributed by atoms with Crippen LogP contribution in [0.15, 0.2) is 0 Å². The summed E-state index contributed by atoms with van der Waals surface area (Å²) in [6.07, 6.45) is 6.47. The van der Waals surface area contributed by atoms with Gasteiger partial charge in [0.1, 0.15) is 0 Å². The second-order valence-corrected chi connectivity index (χ2v) is 5.02. The quantitative estimate of drug-likeness (QED) is 0.753. The van der Waals surface area contributed by atoms with Gasteiger partial charge in [0.2, 0.25) is 0 Å². The molecule has 16 heavy (non-hydrogen) atoms. The molecule has 2 N–H and O–H groups in total. The van der Waals surface area contributed by atoms with Gasteiger partial charge in [0.15, 0.2) is 0 Å². The van der Waals surface area contributed by atoms with Crippen LogP contribution >= 0.6 is 0 Å². The topological polar surface area (TPSA) is 52.6 Å². The van der Waals surface area contributed by atoms with Gasteiger partial charge in [0.25, 0.3) is 0 Å². The zero-order chi connectivity index (χ0) is 11.4.